The third-order valence-electron chi connectivity index (χ3n) is 1.32. The Bertz CT molecular complexity index is 247. The topological polar surface area (TPSA) is 12.4 Å². The van der Waals surface area contributed by atoms with Gasteiger partial charge in [-0.2, -0.15) is 0 Å². The zero-order chi connectivity index (χ0) is 7.94. The number of allylic oxidation sites excluding steroid dienone is 1. The Kier molecular flexibility index (Phi) is 3.13. The molecule has 0 bridgehead atoms. The minimum Gasteiger partial charge on any atom is -0.297 e. The normalized spacial score (nSPS) is 11.4. The lowest BCUT2D eigenvalue weighted by molar-refractivity contribution is 1.48. The first-order valence-electron chi connectivity index (χ1n) is 3.57. The van der Waals surface area contributed by atoms with E-state index in [-0.39, 0.29) is 0 Å². The predicted octanol–water partition coefficient (Wildman–Crippen LogP) is 2.40. The standard InChI is InChI=1S/C10H11N/c1-11-9-5-8-10-6-3-2-4-7-10/h2-9H,1H3/b8-5+,11-9-. The van der Waals surface area contributed by atoms with Crippen LogP contribution in [0, 0.1) is 0 Å². The fraction of sp³-hybridized carbons (Fsp3) is 0.100. The van der Waals surface area contributed by atoms with Crippen molar-refractivity contribution in [1.82, 2.24) is 0 Å². The summed E-state index contributed by atoms with van der Waals surface area (Å²) in [6.45, 7) is 0. The molecule has 0 saturated carbocycles. The quantitative estimate of drug-likeness (QED) is 0.567. The highest BCUT2D eigenvalue weighted by Gasteiger charge is 1.78. The van der Waals surface area contributed by atoms with Crippen LogP contribution in [0.3, 0.4) is 0 Å². The van der Waals surface area contributed by atoms with E-state index in [4.69, 9.17) is 0 Å². The lowest BCUT2D eigenvalue weighted by atomic mass is 10.2. The zero-order valence-corrected chi connectivity index (χ0v) is 6.57. The van der Waals surface area contributed by atoms with Crippen molar-refractivity contribution in [2.45, 2.75) is 0 Å². The number of aliphatic imine (C=N–C) groups is 1. The molecule has 0 atom stereocenters. The Labute approximate surface area is 67.1 Å². The molecule has 0 N–H and O–H groups in total. The monoisotopic (exact) mass is 145 g/mol. The summed E-state index contributed by atoms with van der Waals surface area (Å²) < 4.78 is 0. The van der Waals surface area contributed by atoms with Gasteiger partial charge in [0.05, 0.1) is 0 Å². The predicted molar refractivity (Wildman–Crippen MR) is 49.9 cm³/mol. The number of benzene rings is 1. The minimum atomic E-state index is 1.20. The lowest BCUT2D eigenvalue weighted by Crippen LogP contribution is -1.68. The van der Waals surface area contributed by atoms with E-state index in [2.05, 4.69) is 17.1 Å². The summed E-state index contributed by atoms with van der Waals surface area (Å²) >= 11 is 0. The van der Waals surface area contributed by atoms with E-state index in [9.17, 15) is 0 Å². The summed E-state index contributed by atoms with van der Waals surface area (Å²) in [5.74, 6) is 0. The van der Waals surface area contributed by atoms with Crippen LogP contribution in [-0.2, 0) is 0 Å². The maximum atomic E-state index is 3.84. The van der Waals surface area contributed by atoms with Crippen molar-refractivity contribution in [2.75, 3.05) is 7.05 Å². The van der Waals surface area contributed by atoms with Gasteiger partial charge in [0, 0.05) is 13.3 Å². The van der Waals surface area contributed by atoms with Gasteiger partial charge in [0.1, 0.15) is 0 Å². The van der Waals surface area contributed by atoms with E-state index in [1.165, 1.54) is 5.56 Å². The van der Waals surface area contributed by atoms with Gasteiger partial charge in [-0.25, -0.2) is 0 Å². The Balaban J connectivity index is 2.64. The number of hydrogen-bond acceptors (Lipinski definition) is 1. The van der Waals surface area contributed by atoms with Crippen molar-refractivity contribution in [2.24, 2.45) is 4.99 Å². The molecule has 1 aromatic rings. The molecule has 0 aliphatic heterocycles. The molecule has 1 rings (SSSR count). The van der Waals surface area contributed by atoms with Crippen LogP contribution in [0.5, 0.6) is 0 Å². The highest BCUT2D eigenvalue weighted by atomic mass is 14.6. The summed E-state index contributed by atoms with van der Waals surface area (Å²) in [5.41, 5.74) is 1.20. The van der Waals surface area contributed by atoms with E-state index in [1.807, 2.05) is 30.4 Å². The fourth-order valence-corrected chi connectivity index (χ4v) is 0.804. The van der Waals surface area contributed by atoms with E-state index in [0.29, 0.717) is 0 Å². The highest BCUT2D eigenvalue weighted by Crippen LogP contribution is 1.99. The summed E-state index contributed by atoms with van der Waals surface area (Å²) in [7, 11) is 1.76. The van der Waals surface area contributed by atoms with Crippen molar-refractivity contribution < 1.29 is 0 Å². The van der Waals surface area contributed by atoms with Gasteiger partial charge in [-0.05, 0) is 11.6 Å². The third kappa shape index (κ3) is 2.80. The first-order valence-corrected chi connectivity index (χ1v) is 3.57. The molecule has 0 aliphatic carbocycles. The van der Waals surface area contributed by atoms with Gasteiger partial charge in [-0.1, -0.05) is 36.4 Å². The summed E-state index contributed by atoms with van der Waals surface area (Å²) in [5, 5.41) is 0. The first kappa shape index (κ1) is 7.73. The fourth-order valence-electron chi connectivity index (χ4n) is 0.804. The minimum absolute atomic E-state index is 1.20. The van der Waals surface area contributed by atoms with Crippen molar-refractivity contribution in [3.8, 4) is 0 Å². The maximum absolute atomic E-state index is 3.84. The van der Waals surface area contributed by atoms with Crippen LogP contribution < -0.4 is 0 Å². The van der Waals surface area contributed by atoms with Gasteiger partial charge < -0.3 is 0 Å². The second kappa shape index (κ2) is 4.45. The molecule has 0 amide bonds. The number of nitrogens with zero attached hydrogens (tertiary/aromatic N) is 1. The molecule has 1 nitrogen and oxygen atoms in total. The van der Waals surface area contributed by atoms with Crippen LogP contribution in [0.25, 0.3) is 6.08 Å². The van der Waals surface area contributed by atoms with Crippen molar-refractivity contribution in [3.63, 3.8) is 0 Å². The van der Waals surface area contributed by atoms with Crippen molar-refractivity contribution >= 4 is 12.3 Å². The van der Waals surface area contributed by atoms with Gasteiger partial charge in [-0.3, -0.25) is 4.99 Å². The average Bonchev–Trinajstić information content (AvgIpc) is 2.07. The van der Waals surface area contributed by atoms with Crippen LogP contribution >= 0.6 is 0 Å². The molecule has 0 fully saturated rings. The van der Waals surface area contributed by atoms with Gasteiger partial charge >= 0.3 is 0 Å². The SMILES string of the molecule is C/N=C\C=C\c1ccccc1. The highest BCUT2D eigenvalue weighted by molar-refractivity contribution is 5.77. The molecule has 0 radical (unpaired) electrons. The first-order chi connectivity index (χ1) is 5.43. The van der Waals surface area contributed by atoms with Gasteiger partial charge in [0.25, 0.3) is 0 Å². The molecule has 0 unspecified atom stereocenters. The molecule has 0 aromatic heterocycles. The summed E-state index contributed by atoms with van der Waals surface area (Å²) in [4.78, 5) is 3.84. The second-order valence-corrected chi connectivity index (χ2v) is 2.18. The Morgan fingerprint density at radius 2 is 1.91 bits per heavy atom. The van der Waals surface area contributed by atoms with Gasteiger partial charge in [-0.15, -0.1) is 0 Å². The molecular weight excluding hydrogens is 134 g/mol. The summed E-state index contributed by atoms with van der Waals surface area (Å²) in [6, 6.07) is 10.1. The van der Waals surface area contributed by atoms with Gasteiger partial charge in [0.15, 0.2) is 0 Å². The molecular formula is C10H11N. The Hall–Kier alpha value is -1.37. The largest absolute Gasteiger partial charge is 0.297 e. The molecule has 1 heteroatoms. The molecule has 56 valence electrons. The number of rotatable bonds is 2. The van der Waals surface area contributed by atoms with Crippen LogP contribution in [0.2, 0.25) is 0 Å². The second-order valence-electron chi connectivity index (χ2n) is 2.18. The Morgan fingerprint density at radius 1 is 1.18 bits per heavy atom. The molecule has 11 heavy (non-hydrogen) atoms. The smallest absolute Gasteiger partial charge is 0.0277 e. The van der Waals surface area contributed by atoms with Crippen LogP contribution in [0.1, 0.15) is 5.56 Å². The van der Waals surface area contributed by atoms with E-state index < -0.39 is 0 Å². The van der Waals surface area contributed by atoms with E-state index >= 15 is 0 Å². The van der Waals surface area contributed by atoms with E-state index in [1.54, 1.807) is 13.3 Å². The lowest BCUT2D eigenvalue weighted by Gasteiger charge is -1.87. The Morgan fingerprint density at radius 3 is 2.55 bits per heavy atom. The van der Waals surface area contributed by atoms with Crippen molar-refractivity contribution in [1.29, 1.82) is 0 Å². The van der Waals surface area contributed by atoms with Crippen LogP contribution in [-0.4, -0.2) is 13.3 Å². The zero-order valence-electron chi connectivity index (χ0n) is 6.57. The van der Waals surface area contributed by atoms with Crippen LogP contribution in [0.4, 0.5) is 0 Å². The third-order valence-corrected chi connectivity index (χ3v) is 1.32. The van der Waals surface area contributed by atoms with Crippen molar-refractivity contribution in [3.05, 3.63) is 42.0 Å². The number of hydrogen-bond donors (Lipinski definition) is 0. The van der Waals surface area contributed by atoms with Crippen LogP contribution in [0.15, 0.2) is 41.4 Å². The average molecular weight is 145 g/mol. The molecule has 0 aliphatic rings. The van der Waals surface area contributed by atoms with E-state index in [0.717, 1.165) is 0 Å². The molecule has 1 aromatic carbocycles. The molecule has 0 saturated heterocycles. The summed E-state index contributed by atoms with van der Waals surface area (Å²) in [6.07, 6.45) is 5.72. The molecule has 0 heterocycles. The maximum Gasteiger partial charge on any atom is 0.0277 e. The van der Waals surface area contributed by atoms with Gasteiger partial charge in [0.2, 0.25) is 0 Å². The molecule has 0 spiro atoms.